The Bertz CT molecular complexity index is 167. The van der Waals surface area contributed by atoms with Crippen LogP contribution in [0.3, 0.4) is 0 Å². The van der Waals surface area contributed by atoms with Gasteiger partial charge in [-0.3, -0.25) is 0 Å². The molecule has 1 aliphatic carbocycles. The molecule has 0 saturated heterocycles. The van der Waals surface area contributed by atoms with Gasteiger partial charge in [0, 0.05) is 6.04 Å². The maximum absolute atomic E-state index is 6.01. The lowest BCUT2D eigenvalue weighted by atomic mass is 9.66. The van der Waals surface area contributed by atoms with E-state index in [1.807, 2.05) is 0 Å². The van der Waals surface area contributed by atoms with Gasteiger partial charge in [0.05, 0.1) is 0 Å². The summed E-state index contributed by atoms with van der Waals surface area (Å²) in [6, 6.07) is 0.527. The van der Waals surface area contributed by atoms with E-state index in [0.717, 1.165) is 11.8 Å². The second kappa shape index (κ2) is 8.11. The number of nitrogens with two attached hydrogens (primary N) is 1. The first-order valence-electron chi connectivity index (χ1n) is 7.55. The lowest BCUT2D eigenvalue weighted by Crippen LogP contribution is -2.46. The van der Waals surface area contributed by atoms with Crippen molar-refractivity contribution in [3.05, 3.63) is 0 Å². The SMILES string of the molecule is CCCCCCCCCC1CC(N)C1CC. The van der Waals surface area contributed by atoms with E-state index in [0.29, 0.717) is 6.04 Å². The van der Waals surface area contributed by atoms with Crippen molar-refractivity contribution in [2.45, 2.75) is 84.1 Å². The molecule has 0 aromatic carbocycles. The van der Waals surface area contributed by atoms with Crippen molar-refractivity contribution in [1.29, 1.82) is 0 Å². The van der Waals surface area contributed by atoms with Crippen LogP contribution in [-0.2, 0) is 0 Å². The summed E-state index contributed by atoms with van der Waals surface area (Å²) in [5.41, 5.74) is 6.01. The minimum atomic E-state index is 0.527. The van der Waals surface area contributed by atoms with Gasteiger partial charge in [0.1, 0.15) is 0 Å². The van der Waals surface area contributed by atoms with E-state index in [1.54, 1.807) is 0 Å². The predicted octanol–water partition coefficient (Wildman–Crippen LogP) is 4.50. The number of hydrogen-bond acceptors (Lipinski definition) is 1. The van der Waals surface area contributed by atoms with Gasteiger partial charge in [0.2, 0.25) is 0 Å². The molecule has 96 valence electrons. The number of unbranched alkanes of at least 4 members (excludes halogenated alkanes) is 6. The highest BCUT2D eigenvalue weighted by atomic mass is 14.7. The van der Waals surface area contributed by atoms with Gasteiger partial charge in [-0.05, 0) is 18.3 Å². The Morgan fingerprint density at radius 2 is 1.56 bits per heavy atom. The fourth-order valence-corrected chi connectivity index (χ4v) is 3.18. The molecule has 2 N–H and O–H groups in total. The Balaban J connectivity index is 1.88. The Labute approximate surface area is 102 Å². The fourth-order valence-electron chi connectivity index (χ4n) is 3.18. The summed E-state index contributed by atoms with van der Waals surface area (Å²) in [6.45, 7) is 4.58. The maximum Gasteiger partial charge on any atom is 0.00724 e. The molecule has 3 atom stereocenters. The molecule has 0 aliphatic heterocycles. The smallest absolute Gasteiger partial charge is 0.00724 e. The van der Waals surface area contributed by atoms with Gasteiger partial charge in [-0.2, -0.15) is 0 Å². The normalized spacial score (nSPS) is 29.1. The Hall–Kier alpha value is -0.0400. The van der Waals surface area contributed by atoms with Crippen molar-refractivity contribution in [2.24, 2.45) is 17.6 Å². The maximum atomic E-state index is 6.01. The van der Waals surface area contributed by atoms with E-state index in [9.17, 15) is 0 Å². The molecule has 1 nitrogen and oxygen atoms in total. The Morgan fingerprint density at radius 1 is 0.938 bits per heavy atom. The third-order valence-electron chi connectivity index (χ3n) is 4.38. The third-order valence-corrected chi connectivity index (χ3v) is 4.38. The summed E-state index contributed by atoms with van der Waals surface area (Å²) in [5, 5.41) is 0. The molecule has 1 saturated carbocycles. The monoisotopic (exact) mass is 225 g/mol. The molecule has 0 radical (unpaired) electrons. The predicted molar refractivity (Wildman–Crippen MR) is 72.5 cm³/mol. The van der Waals surface area contributed by atoms with Crippen LogP contribution in [0, 0.1) is 11.8 Å². The molecular weight excluding hydrogens is 194 g/mol. The molecule has 1 aliphatic rings. The lowest BCUT2D eigenvalue weighted by molar-refractivity contribution is 0.118. The molecule has 16 heavy (non-hydrogen) atoms. The van der Waals surface area contributed by atoms with Crippen molar-refractivity contribution in [3.63, 3.8) is 0 Å². The first-order chi connectivity index (χ1) is 7.79. The van der Waals surface area contributed by atoms with Gasteiger partial charge < -0.3 is 5.73 Å². The summed E-state index contributed by atoms with van der Waals surface area (Å²) in [4.78, 5) is 0. The van der Waals surface area contributed by atoms with E-state index in [-0.39, 0.29) is 0 Å². The molecule has 1 fully saturated rings. The van der Waals surface area contributed by atoms with E-state index in [1.165, 1.54) is 64.2 Å². The minimum absolute atomic E-state index is 0.527. The van der Waals surface area contributed by atoms with E-state index >= 15 is 0 Å². The van der Waals surface area contributed by atoms with Crippen LogP contribution in [0.2, 0.25) is 0 Å². The van der Waals surface area contributed by atoms with Crippen LogP contribution in [0.4, 0.5) is 0 Å². The Morgan fingerprint density at radius 3 is 2.12 bits per heavy atom. The average Bonchev–Trinajstić information content (AvgIpc) is 2.26. The highest BCUT2D eigenvalue weighted by molar-refractivity contribution is 4.90. The van der Waals surface area contributed by atoms with Gasteiger partial charge in [-0.1, -0.05) is 71.6 Å². The average molecular weight is 225 g/mol. The molecule has 0 aromatic heterocycles. The molecule has 1 rings (SSSR count). The molecular formula is C15H31N. The van der Waals surface area contributed by atoms with Gasteiger partial charge in [0.25, 0.3) is 0 Å². The van der Waals surface area contributed by atoms with Crippen LogP contribution in [0.5, 0.6) is 0 Å². The minimum Gasteiger partial charge on any atom is -0.327 e. The van der Waals surface area contributed by atoms with E-state index < -0.39 is 0 Å². The first-order valence-corrected chi connectivity index (χ1v) is 7.55. The molecule has 0 spiro atoms. The first kappa shape index (κ1) is 14.0. The highest BCUT2D eigenvalue weighted by Crippen LogP contribution is 2.39. The van der Waals surface area contributed by atoms with Gasteiger partial charge in [0.15, 0.2) is 0 Å². The second-order valence-corrected chi connectivity index (χ2v) is 5.64. The molecule has 3 unspecified atom stereocenters. The summed E-state index contributed by atoms with van der Waals surface area (Å²) < 4.78 is 0. The van der Waals surface area contributed by atoms with Crippen LogP contribution in [0.1, 0.15) is 78.1 Å². The van der Waals surface area contributed by atoms with Crippen LogP contribution in [-0.4, -0.2) is 6.04 Å². The van der Waals surface area contributed by atoms with Crippen molar-refractivity contribution in [3.8, 4) is 0 Å². The molecule has 1 heteroatoms. The standard InChI is InChI=1S/C15H31N/c1-3-5-6-7-8-9-10-11-13-12-15(16)14(13)4-2/h13-15H,3-12,16H2,1-2H3. The molecule has 0 heterocycles. The largest absolute Gasteiger partial charge is 0.327 e. The fraction of sp³-hybridized carbons (Fsp3) is 1.00. The van der Waals surface area contributed by atoms with Crippen molar-refractivity contribution in [1.82, 2.24) is 0 Å². The second-order valence-electron chi connectivity index (χ2n) is 5.64. The highest BCUT2D eigenvalue weighted by Gasteiger charge is 2.36. The van der Waals surface area contributed by atoms with Crippen molar-refractivity contribution >= 4 is 0 Å². The zero-order valence-electron chi connectivity index (χ0n) is 11.4. The lowest BCUT2D eigenvalue weighted by Gasteiger charge is -2.42. The van der Waals surface area contributed by atoms with Gasteiger partial charge in [-0.25, -0.2) is 0 Å². The van der Waals surface area contributed by atoms with Crippen LogP contribution in [0.15, 0.2) is 0 Å². The van der Waals surface area contributed by atoms with E-state index in [4.69, 9.17) is 5.73 Å². The zero-order chi connectivity index (χ0) is 11.8. The molecule has 0 aromatic rings. The third kappa shape index (κ3) is 4.45. The van der Waals surface area contributed by atoms with Gasteiger partial charge >= 0.3 is 0 Å². The van der Waals surface area contributed by atoms with Crippen LogP contribution in [0.25, 0.3) is 0 Å². The summed E-state index contributed by atoms with van der Waals surface area (Å²) in [6.07, 6.45) is 14.1. The number of hydrogen-bond donors (Lipinski definition) is 1. The summed E-state index contributed by atoms with van der Waals surface area (Å²) >= 11 is 0. The van der Waals surface area contributed by atoms with Crippen molar-refractivity contribution in [2.75, 3.05) is 0 Å². The topological polar surface area (TPSA) is 26.0 Å². The van der Waals surface area contributed by atoms with Gasteiger partial charge in [-0.15, -0.1) is 0 Å². The van der Waals surface area contributed by atoms with Crippen LogP contribution >= 0.6 is 0 Å². The zero-order valence-corrected chi connectivity index (χ0v) is 11.4. The molecule has 0 bridgehead atoms. The quantitative estimate of drug-likeness (QED) is 0.574. The molecule has 0 amide bonds. The van der Waals surface area contributed by atoms with E-state index in [2.05, 4.69) is 13.8 Å². The Kier molecular flexibility index (Phi) is 7.11. The van der Waals surface area contributed by atoms with Crippen LogP contribution < -0.4 is 5.73 Å². The summed E-state index contributed by atoms with van der Waals surface area (Å²) in [5.74, 6) is 1.82. The summed E-state index contributed by atoms with van der Waals surface area (Å²) in [7, 11) is 0. The number of rotatable bonds is 9. The van der Waals surface area contributed by atoms with Crippen molar-refractivity contribution < 1.29 is 0 Å².